The van der Waals surface area contributed by atoms with Crippen molar-refractivity contribution in [1.29, 1.82) is 0 Å². The summed E-state index contributed by atoms with van der Waals surface area (Å²) in [6, 6.07) is 0.798. The van der Waals surface area contributed by atoms with E-state index in [0.717, 1.165) is 17.4 Å². The minimum absolute atomic E-state index is 0.764. The number of rotatable bonds is 1. The third-order valence-corrected chi connectivity index (χ3v) is 4.50. The van der Waals surface area contributed by atoms with Crippen LogP contribution in [0.3, 0.4) is 0 Å². The van der Waals surface area contributed by atoms with Gasteiger partial charge in [-0.25, -0.2) is 0 Å². The van der Waals surface area contributed by atoms with Gasteiger partial charge >= 0.3 is 0 Å². The average molecular weight is 181 g/mol. The number of hydrogen-bond acceptors (Lipinski definition) is 1. The number of nitrogens with one attached hydrogen (secondary N) is 1. The normalized spacial score (nSPS) is 38.3. The molecule has 0 aromatic rings. The van der Waals surface area contributed by atoms with Crippen LogP contribution < -0.4 is 5.32 Å². The third kappa shape index (κ3) is 1.76. The third-order valence-electron chi connectivity index (χ3n) is 4.50. The van der Waals surface area contributed by atoms with Crippen molar-refractivity contribution in [3.05, 3.63) is 0 Å². The Morgan fingerprint density at radius 3 is 2.46 bits per heavy atom. The quantitative estimate of drug-likeness (QED) is 0.656. The molecule has 76 valence electrons. The van der Waals surface area contributed by atoms with Crippen LogP contribution in [0.15, 0.2) is 0 Å². The van der Waals surface area contributed by atoms with Gasteiger partial charge in [0.25, 0.3) is 0 Å². The summed E-state index contributed by atoms with van der Waals surface area (Å²) in [6.45, 7) is 2.41. The molecule has 1 spiro atoms. The van der Waals surface area contributed by atoms with Crippen molar-refractivity contribution in [2.24, 2.45) is 11.3 Å². The predicted octanol–water partition coefficient (Wildman–Crippen LogP) is 2.95. The van der Waals surface area contributed by atoms with Gasteiger partial charge in [-0.05, 0) is 50.5 Å². The van der Waals surface area contributed by atoms with Crippen LogP contribution in [0.1, 0.15) is 51.9 Å². The highest BCUT2D eigenvalue weighted by Crippen LogP contribution is 2.50. The van der Waals surface area contributed by atoms with Gasteiger partial charge in [-0.1, -0.05) is 19.8 Å². The molecule has 0 heterocycles. The average Bonchev–Trinajstić information content (AvgIpc) is 2.59. The van der Waals surface area contributed by atoms with E-state index in [1.54, 1.807) is 0 Å². The Labute approximate surface area is 82.3 Å². The van der Waals surface area contributed by atoms with E-state index in [9.17, 15) is 0 Å². The summed E-state index contributed by atoms with van der Waals surface area (Å²) in [6.07, 6.45) is 10.4. The topological polar surface area (TPSA) is 12.0 Å². The summed E-state index contributed by atoms with van der Waals surface area (Å²) in [5.41, 5.74) is 0.764. The fourth-order valence-electron chi connectivity index (χ4n) is 3.47. The molecule has 2 aliphatic carbocycles. The first kappa shape index (κ1) is 9.51. The second-order valence-corrected chi connectivity index (χ2v) is 5.32. The zero-order chi connectivity index (χ0) is 9.31. The zero-order valence-corrected chi connectivity index (χ0v) is 9.10. The second-order valence-electron chi connectivity index (χ2n) is 5.32. The van der Waals surface area contributed by atoms with Crippen LogP contribution in [0.4, 0.5) is 0 Å². The largest absolute Gasteiger partial charge is 0.317 e. The van der Waals surface area contributed by atoms with E-state index < -0.39 is 0 Å². The first-order valence-electron chi connectivity index (χ1n) is 5.93. The lowest BCUT2D eigenvalue weighted by atomic mass is 9.67. The van der Waals surface area contributed by atoms with E-state index in [4.69, 9.17) is 0 Å². The molecule has 2 aliphatic rings. The first-order valence-corrected chi connectivity index (χ1v) is 5.93. The molecule has 0 bridgehead atoms. The predicted molar refractivity (Wildman–Crippen MR) is 56.8 cm³/mol. The molecular formula is C12H23N. The highest BCUT2D eigenvalue weighted by molar-refractivity contribution is 4.94. The Bertz CT molecular complexity index is 170. The van der Waals surface area contributed by atoms with E-state index in [1.807, 2.05) is 0 Å². The van der Waals surface area contributed by atoms with Crippen molar-refractivity contribution in [3.8, 4) is 0 Å². The van der Waals surface area contributed by atoms with Crippen LogP contribution >= 0.6 is 0 Å². The van der Waals surface area contributed by atoms with Gasteiger partial charge in [-0.15, -0.1) is 0 Å². The van der Waals surface area contributed by atoms with E-state index >= 15 is 0 Å². The minimum Gasteiger partial charge on any atom is -0.317 e. The summed E-state index contributed by atoms with van der Waals surface area (Å²) in [5.74, 6) is 0.899. The van der Waals surface area contributed by atoms with Gasteiger partial charge in [-0.2, -0.15) is 0 Å². The summed E-state index contributed by atoms with van der Waals surface area (Å²) in [5, 5.41) is 3.50. The molecule has 1 nitrogen and oxygen atoms in total. The monoisotopic (exact) mass is 181 g/mol. The lowest BCUT2D eigenvalue weighted by Gasteiger charge is -2.41. The molecule has 0 aromatic heterocycles. The van der Waals surface area contributed by atoms with Crippen molar-refractivity contribution in [1.82, 2.24) is 5.32 Å². The van der Waals surface area contributed by atoms with Crippen molar-refractivity contribution in [2.75, 3.05) is 7.05 Å². The lowest BCUT2D eigenvalue weighted by Crippen LogP contribution is -2.41. The van der Waals surface area contributed by atoms with Crippen LogP contribution in [-0.4, -0.2) is 13.1 Å². The van der Waals surface area contributed by atoms with E-state index in [2.05, 4.69) is 19.3 Å². The molecule has 13 heavy (non-hydrogen) atoms. The van der Waals surface area contributed by atoms with Gasteiger partial charge < -0.3 is 5.32 Å². The standard InChI is InChI=1S/C12H23N/c1-10-5-8-12(6-3-4-7-12)9-11(10)13-2/h10-11,13H,3-9H2,1-2H3. The molecule has 0 radical (unpaired) electrons. The van der Waals surface area contributed by atoms with Crippen molar-refractivity contribution in [3.63, 3.8) is 0 Å². The molecule has 1 N–H and O–H groups in total. The van der Waals surface area contributed by atoms with E-state index in [0.29, 0.717) is 0 Å². The van der Waals surface area contributed by atoms with Crippen LogP contribution in [0.25, 0.3) is 0 Å². The molecule has 2 saturated carbocycles. The highest BCUT2D eigenvalue weighted by Gasteiger charge is 2.40. The van der Waals surface area contributed by atoms with Gasteiger partial charge in [0.2, 0.25) is 0 Å². The maximum atomic E-state index is 3.50. The van der Waals surface area contributed by atoms with Crippen LogP contribution in [-0.2, 0) is 0 Å². The molecule has 1 heteroatoms. The van der Waals surface area contributed by atoms with Gasteiger partial charge in [0.1, 0.15) is 0 Å². The smallest absolute Gasteiger partial charge is 0.00949 e. The van der Waals surface area contributed by atoms with Crippen molar-refractivity contribution in [2.45, 2.75) is 57.9 Å². The summed E-state index contributed by atoms with van der Waals surface area (Å²) in [4.78, 5) is 0. The molecule has 0 saturated heterocycles. The first-order chi connectivity index (χ1) is 6.26. The molecule has 2 rings (SSSR count). The Hall–Kier alpha value is -0.0400. The van der Waals surface area contributed by atoms with Gasteiger partial charge in [0.05, 0.1) is 0 Å². The van der Waals surface area contributed by atoms with Crippen molar-refractivity contribution >= 4 is 0 Å². The van der Waals surface area contributed by atoms with Crippen LogP contribution in [0.5, 0.6) is 0 Å². The van der Waals surface area contributed by atoms with E-state index in [1.165, 1.54) is 44.9 Å². The molecule has 2 atom stereocenters. The number of hydrogen-bond donors (Lipinski definition) is 1. The molecule has 0 amide bonds. The Kier molecular flexibility index (Phi) is 2.64. The van der Waals surface area contributed by atoms with Crippen LogP contribution in [0.2, 0.25) is 0 Å². The fraction of sp³-hybridized carbons (Fsp3) is 1.00. The highest BCUT2D eigenvalue weighted by atomic mass is 14.9. The maximum absolute atomic E-state index is 3.50. The summed E-state index contributed by atoms with van der Waals surface area (Å²) < 4.78 is 0. The SMILES string of the molecule is CNC1CC2(CCCC2)CCC1C. The Morgan fingerprint density at radius 1 is 1.15 bits per heavy atom. The van der Waals surface area contributed by atoms with Gasteiger partial charge in [0.15, 0.2) is 0 Å². The molecular weight excluding hydrogens is 158 g/mol. The minimum atomic E-state index is 0.764. The van der Waals surface area contributed by atoms with Crippen molar-refractivity contribution < 1.29 is 0 Å². The zero-order valence-electron chi connectivity index (χ0n) is 9.10. The summed E-state index contributed by atoms with van der Waals surface area (Å²) in [7, 11) is 2.13. The molecule has 0 aliphatic heterocycles. The van der Waals surface area contributed by atoms with Gasteiger partial charge in [-0.3, -0.25) is 0 Å². The molecule has 0 aromatic carbocycles. The lowest BCUT2D eigenvalue weighted by molar-refractivity contribution is 0.125. The molecule has 2 fully saturated rings. The second kappa shape index (κ2) is 3.61. The van der Waals surface area contributed by atoms with Gasteiger partial charge in [0, 0.05) is 6.04 Å². The van der Waals surface area contributed by atoms with E-state index in [-0.39, 0.29) is 0 Å². The van der Waals surface area contributed by atoms with Crippen LogP contribution in [0, 0.1) is 11.3 Å². The maximum Gasteiger partial charge on any atom is 0.00949 e. The fourth-order valence-corrected chi connectivity index (χ4v) is 3.47. The molecule has 2 unspecified atom stereocenters. The Morgan fingerprint density at radius 2 is 1.85 bits per heavy atom. The summed E-state index contributed by atoms with van der Waals surface area (Å²) >= 11 is 0. The Balaban J connectivity index is 2.01.